The number of phenols is 1. The molecule has 158 valence electrons. The molecule has 0 saturated carbocycles. The molecule has 0 fully saturated rings. The van der Waals surface area contributed by atoms with Crippen molar-refractivity contribution in [3.8, 4) is 5.75 Å². The van der Waals surface area contributed by atoms with E-state index in [2.05, 4.69) is 0 Å². The first-order chi connectivity index (χ1) is 15.0. The molecule has 4 rings (SSSR count). The average Bonchev–Trinajstić information content (AvgIpc) is 3.02. The minimum absolute atomic E-state index is 0.0581. The largest absolute Gasteiger partial charge is 0.506 e. The van der Waals surface area contributed by atoms with Gasteiger partial charge in [0.15, 0.2) is 0 Å². The Bertz CT molecular complexity index is 1200. The van der Waals surface area contributed by atoms with Gasteiger partial charge >= 0.3 is 5.97 Å². The van der Waals surface area contributed by atoms with Crippen molar-refractivity contribution in [3.63, 3.8) is 0 Å². The fourth-order valence-corrected chi connectivity index (χ4v) is 4.14. The number of ether oxygens (including phenoxy) is 1. The van der Waals surface area contributed by atoms with Crippen molar-refractivity contribution in [2.24, 2.45) is 0 Å². The number of amides is 2. The summed E-state index contributed by atoms with van der Waals surface area (Å²) >= 11 is 0. The third-order valence-electron chi connectivity index (χ3n) is 5.48. The van der Waals surface area contributed by atoms with Gasteiger partial charge in [-0.2, -0.15) is 0 Å². The first kappa shape index (κ1) is 20.6. The van der Waals surface area contributed by atoms with Crippen LogP contribution >= 0.6 is 0 Å². The molecular weight excluding hydrogens is 394 g/mol. The van der Waals surface area contributed by atoms with Crippen LogP contribution in [0.15, 0.2) is 48.5 Å². The number of rotatable bonds is 6. The fourth-order valence-electron chi connectivity index (χ4n) is 4.14. The van der Waals surface area contributed by atoms with Gasteiger partial charge in [-0.15, -0.1) is 0 Å². The second-order valence-electron chi connectivity index (χ2n) is 7.47. The van der Waals surface area contributed by atoms with Gasteiger partial charge < -0.3 is 9.84 Å². The number of fused-ring (bicyclic) bond motifs is 2. The van der Waals surface area contributed by atoms with E-state index in [1.54, 1.807) is 43.3 Å². The van der Waals surface area contributed by atoms with Crippen LogP contribution in [0.1, 0.15) is 52.1 Å². The Hall–Kier alpha value is -3.67. The predicted molar refractivity (Wildman–Crippen MR) is 118 cm³/mol. The van der Waals surface area contributed by atoms with E-state index in [-0.39, 0.29) is 29.3 Å². The summed E-state index contributed by atoms with van der Waals surface area (Å²) in [6, 6.07) is 13.9. The van der Waals surface area contributed by atoms with E-state index in [0.717, 1.165) is 27.8 Å². The zero-order chi connectivity index (χ0) is 22.1. The zero-order valence-corrected chi connectivity index (χ0v) is 17.5. The van der Waals surface area contributed by atoms with E-state index in [1.165, 1.54) is 0 Å². The fraction of sp³-hybridized carbons (Fsp3) is 0.240. The number of imide groups is 1. The Kier molecular flexibility index (Phi) is 5.46. The van der Waals surface area contributed by atoms with Gasteiger partial charge in [-0.3, -0.25) is 14.4 Å². The number of carbonyl (C=O) groups is 3. The second-order valence-corrected chi connectivity index (χ2v) is 7.47. The maximum Gasteiger partial charge on any atom is 0.310 e. The van der Waals surface area contributed by atoms with Crippen molar-refractivity contribution in [1.82, 2.24) is 0 Å². The SMILES string of the molecule is CCCc1c2c(c(O)c3ccccc13)C(=O)N(c1ccc(CC(=O)OCC)cc1)C2=O. The summed E-state index contributed by atoms with van der Waals surface area (Å²) in [4.78, 5) is 39.4. The molecular formula is C25H23NO5. The summed E-state index contributed by atoms with van der Waals surface area (Å²) in [6.45, 7) is 4.06. The van der Waals surface area contributed by atoms with Crippen LogP contribution in [-0.2, 0) is 22.4 Å². The monoisotopic (exact) mass is 417 g/mol. The molecule has 1 heterocycles. The van der Waals surface area contributed by atoms with Gasteiger partial charge in [-0.05, 0) is 42.0 Å². The molecule has 3 aromatic carbocycles. The molecule has 0 unspecified atom stereocenters. The highest BCUT2D eigenvalue weighted by molar-refractivity contribution is 6.37. The molecule has 0 spiro atoms. The summed E-state index contributed by atoms with van der Waals surface area (Å²) < 4.78 is 4.95. The normalized spacial score (nSPS) is 13.0. The van der Waals surface area contributed by atoms with Gasteiger partial charge in [-0.1, -0.05) is 49.7 Å². The molecule has 6 heteroatoms. The number of esters is 1. The van der Waals surface area contributed by atoms with Crippen LogP contribution in [0.5, 0.6) is 5.75 Å². The highest BCUT2D eigenvalue weighted by atomic mass is 16.5. The molecule has 0 radical (unpaired) electrons. The second kappa shape index (κ2) is 8.22. The summed E-state index contributed by atoms with van der Waals surface area (Å²) in [7, 11) is 0. The lowest BCUT2D eigenvalue weighted by molar-refractivity contribution is -0.142. The first-order valence-corrected chi connectivity index (χ1v) is 10.4. The molecule has 0 atom stereocenters. The van der Waals surface area contributed by atoms with Crippen LogP contribution in [0.2, 0.25) is 0 Å². The third kappa shape index (κ3) is 3.44. The minimum atomic E-state index is -0.543. The van der Waals surface area contributed by atoms with Crippen molar-refractivity contribution < 1.29 is 24.2 Å². The van der Waals surface area contributed by atoms with Gasteiger partial charge in [-0.25, -0.2) is 4.90 Å². The number of phenolic OH excluding ortho intramolecular Hbond substituents is 1. The molecule has 2 amide bonds. The summed E-state index contributed by atoms with van der Waals surface area (Å²) in [6.07, 6.45) is 1.53. The molecule has 0 bridgehead atoms. The average molecular weight is 417 g/mol. The van der Waals surface area contributed by atoms with E-state index in [0.29, 0.717) is 24.1 Å². The number of benzene rings is 3. The Morgan fingerprint density at radius 2 is 1.58 bits per heavy atom. The van der Waals surface area contributed by atoms with Crippen LogP contribution in [0, 0.1) is 0 Å². The highest BCUT2D eigenvalue weighted by Gasteiger charge is 2.41. The minimum Gasteiger partial charge on any atom is -0.506 e. The first-order valence-electron chi connectivity index (χ1n) is 10.4. The Labute approximate surface area is 180 Å². The van der Waals surface area contributed by atoms with E-state index in [4.69, 9.17) is 4.74 Å². The molecule has 1 aliphatic rings. The number of hydrogen-bond acceptors (Lipinski definition) is 5. The topological polar surface area (TPSA) is 83.9 Å². The lowest BCUT2D eigenvalue weighted by Gasteiger charge is -2.14. The van der Waals surface area contributed by atoms with Crippen molar-refractivity contribution >= 4 is 34.2 Å². The number of hydrogen-bond donors (Lipinski definition) is 1. The van der Waals surface area contributed by atoms with Crippen LogP contribution in [0.25, 0.3) is 10.8 Å². The number of carbonyl (C=O) groups excluding carboxylic acids is 3. The van der Waals surface area contributed by atoms with Crippen molar-refractivity contribution in [3.05, 3.63) is 70.8 Å². The Morgan fingerprint density at radius 3 is 2.23 bits per heavy atom. The van der Waals surface area contributed by atoms with Gasteiger partial charge in [0, 0.05) is 5.39 Å². The molecule has 0 aliphatic carbocycles. The Balaban J connectivity index is 1.77. The maximum atomic E-state index is 13.4. The quantitative estimate of drug-likeness (QED) is 0.475. The molecule has 1 N–H and O–H groups in total. The molecule has 6 nitrogen and oxygen atoms in total. The van der Waals surface area contributed by atoms with E-state index in [9.17, 15) is 19.5 Å². The van der Waals surface area contributed by atoms with Crippen LogP contribution < -0.4 is 4.90 Å². The van der Waals surface area contributed by atoms with Crippen LogP contribution in [-0.4, -0.2) is 29.5 Å². The smallest absolute Gasteiger partial charge is 0.310 e. The zero-order valence-electron chi connectivity index (χ0n) is 17.5. The predicted octanol–water partition coefficient (Wildman–Crippen LogP) is 4.40. The van der Waals surface area contributed by atoms with Crippen molar-refractivity contribution in [2.45, 2.75) is 33.1 Å². The third-order valence-corrected chi connectivity index (χ3v) is 5.48. The lowest BCUT2D eigenvalue weighted by atomic mass is 9.91. The number of anilines is 1. The number of aromatic hydroxyl groups is 1. The van der Waals surface area contributed by atoms with Crippen molar-refractivity contribution in [2.75, 3.05) is 11.5 Å². The van der Waals surface area contributed by atoms with Gasteiger partial charge in [0.2, 0.25) is 0 Å². The highest BCUT2D eigenvalue weighted by Crippen LogP contribution is 2.42. The standard InChI is InChI=1S/C25H23NO5/c1-3-7-18-17-8-5-6-9-19(17)23(28)22-21(18)24(29)26(25(22)30)16-12-10-15(11-13-16)14-20(27)31-4-2/h5-6,8-13,28H,3-4,7,14H2,1-2H3. The van der Waals surface area contributed by atoms with E-state index >= 15 is 0 Å². The van der Waals surface area contributed by atoms with Gasteiger partial charge in [0.05, 0.1) is 29.8 Å². The van der Waals surface area contributed by atoms with Gasteiger partial charge in [0.1, 0.15) is 5.75 Å². The lowest BCUT2D eigenvalue weighted by Crippen LogP contribution is -2.29. The molecule has 3 aromatic rings. The number of nitrogens with zero attached hydrogens (tertiary/aromatic N) is 1. The Morgan fingerprint density at radius 1 is 0.935 bits per heavy atom. The van der Waals surface area contributed by atoms with Gasteiger partial charge in [0.25, 0.3) is 11.8 Å². The number of aryl methyl sites for hydroxylation is 1. The summed E-state index contributed by atoms with van der Waals surface area (Å²) in [5.41, 5.74) is 2.23. The van der Waals surface area contributed by atoms with Crippen LogP contribution in [0.3, 0.4) is 0 Å². The molecule has 0 saturated heterocycles. The van der Waals surface area contributed by atoms with Crippen LogP contribution in [0.4, 0.5) is 5.69 Å². The maximum absolute atomic E-state index is 13.4. The summed E-state index contributed by atoms with van der Waals surface area (Å²) in [5.74, 6) is -1.48. The van der Waals surface area contributed by atoms with Crippen molar-refractivity contribution in [1.29, 1.82) is 0 Å². The van der Waals surface area contributed by atoms with E-state index in [1.807, 2.05) is 19.1 Å². The van der Waals surface area contributed by atoms with E-state index < -0.39 is 11.8 Å². The molecule has 1 aliphatic heterocycles. The molecule has 0 aromatic heterocycles. The molecule has 31 heavy (non-hydrogen) atoms. The summed E-state index contributed by atoms with van der Waals surface area (Å²) in [5, 5.41) is 12.2.